The summed E-state index contributed by atoms with van der Waals surface area (Å²) in [5.41, 5.74) is 2.85. The number of carbonyl (C=O) groups is 2. The van der Waals surface area contributed by atoms with E-state index in [-0.39, 0.29) is 5.56 Å². The molecule has 1 aliphatic rings. The number of carboxylic acid groups (broad SMARTS) is 1. The average Bonchev–Trinajstić information content (AvgIpc) is 2.93. The Balaban J connectivity index is 1.70. The number of carboxylic acids is 1. The smallest absolute Gasteiger partial charge is 0.367 e. The van der Waals surface area contributed by atoms with Gasteiger partial charge in [-0.3, -0.25) is 0 Å². The Morgan fingerprint density at radius 3 is 2.58 bits per heavy atom. The Morgan fingerprint density at radius 1 is 1.27 bits per heavy atom. The summed E-state index contributed by atoms with van der Waals surface area (Å²) in [6.45, 7) is 2.01. The van der Waals surface area contributed by atoms with E-state index in [1.165, 1.54) is 12.1 Å². The van der Waals surface area contributed by atoms with E-state index in [0.717, 1.165) is 15.6 Å². The molecule has 0 saturated carbocycles. The second kappa shape index (κ2) is 7.53. The first kappa shape index (κ1) is 17.9. The second-order valence-electron chi connectivity index (χ2n) is 5.59. The van der Waals surface area contributed by atoms with Crippen LogP contribution in [0.1, 0.15) is 28.4 Å². The van der Waals surface area contributed by atoms with E-state index < -0.39 is 11.9 Å². The highest BCUT2D eigenvalue weighted by atomic mass is 79.9. The Kier molecular flexibility index (Phi) is 5.18. The van der Waals surface area contributed by atoms with E-state index in [9.17, 15) is 9.59 Å². The van der Waals surface area contributed by atoms with E-state index in [4.69, 9.17) is 9.84 Å². The van der Waals surface area contributed by atoms with Crippen LogP contribution in [0.4, 0.5) is 0 Å². The van der Waals surface area contributed by atoms with Crippen molar-refractivity contribution in [3.05, 3.63) is 69.2 Å². The molecule has 26 heavy (non-hydrogen) atoms. The van der Waals surface area contributed by atoms with Crippen LogP contribution in [0.15, 0.2) is 57.7 Å². The number of ether oxygens (including phenoxy) is 1. The van der Waals surface area contributed by atoms with Crippen LogP contribution in [0.5, 0.6) is 5.75 Å². The highest BCUT2D eigenvalue weighted by molar-refractivity contribution is 9.10. The summed E-state index contributed by atoms with van der Waals surface area (Å²) in [5.74, 6) is -0.797. The molecule has 0 amide bonds. The molecular formula is C19H14BrNO5. The molecule has 0 aromatic heterocycles. The fourth-order valence-electron chi connectivity index (χ4n) is 2.31. The Labute approximate surface area is 157 Å². The molecule has 132 valence electrons. The fourth-order valence-corrected chi connectivity index (χ4v) is 2.83. The largest absolute Gasteiger partial charge is 0.488 e. The number of aromatic carboxylic acids is 1. The lowest BCUT2D eigenvalue weighted by Gasteiger charge is -2.09. The molecule has 0 atom stereocenters. The van der Waals surface area contributed by atoms with Crippen molar-refractivity contribution in [2.75, 3.05) is 0 Å². The first-order chi connectivity index (χ1) is 12.4. The van der Waals surface area contributed by atoms with Crippen molar-refractivity contribution < 1.29 is 24.3 Å². The second-order valence-corrected chi connectivity index (χ2v) is 6.45. The minimum atomic E-state index is -0.962. The van der Waals surface area contributed by atoms with E-state index in [0.29, 0.717) is 23.6 Å². The molecule has 0 saturated heterocycles. The molecule has 0 radical (unpaired) electrons. The van der Waals surface area contributed by atoms with Gasteiger partial charge in [0.1, 0.15) is 12.4 Å². The summed E-state index contributed by atoms with van der Waals surface area (Å²) in [4.78, 5) is 27.1. The van der Waals surface area contributed by atoms with E-state index in [1.54, 1.807) is 31.2 Å². The van der Waals surface area contributed by atoms with Gasteiger partial charge in [0.2, 0.25) is 0 Å². The third kappa shape index (κ3) is 4.00. The first-order valence-corrected chi connectivity index (χ1v) is 8.46. The molecule has 1 N–H and O–H groups in total. The van der Waals surface area contributed by atoms with E-state index in [1.807, 2.05) is 12.1 Å². The zero-order valence-corrected chi connectivity index (χ0v) is 15.3. The maximum absolute atomic E-state index is 11.6. The minimum absolute atomic E-state index is 0.233. The summed E-state index contributed by atoms with van der Waals surface area (Å²) in [6, 6.07) is 11.9. The summed E-state index contributed by atoms with van der Waals surface area (Å²) < 4.78 is 6.49. The quantitative estimate of drug-likeness (QED) is 0.588. The predicted octanol–water partition coefficient (Wildman–Crippen LogP) is 4.04. The summed E-state index contributed by atoms with van der Waals surface area (Å²) in [7, 11) is 0. The molecule has 6 nitrogen and oxygen atoms in total. The highest BCUT2D eigenvalue weighted by Crippen LogP contribution is 2.28. The van der Waals surface area contributed by atoms with E-state index >= 15 is 0 Å². The molecule has 1 aliphatic heterocycles. The number of hydrogen-bond acceptors (Lipinski definition) is 5. The molecule has 2 aromatic carbocycles. The lowest BCUT2D eigenvalue weighted by atomic mass is 10.1. The zero-order valence-electron chi connectivity index (χ0n) is 13.7. The van der Waals surface area contributed by atoms with Crippen LogP contribution < -0.4 is 4.74 Å². The molecule has 1 heterocycles. The molecule has 0 aliphatic carbocycles. The van der Waals surface area contributed by atoms with Gasteiger partial charge in [-0.25, -0.2) is 9.59 Å². The summed E-state index contributed by atoms with van der Waals surface area (Å²) >= 11 is 3.45. The fraction of sp³-hybridized carbons (Fsp3) is 0.105. The van der Waals surface area contributed by atoms with Gasteiger partial charge >= 0.3 is 11.9 Å². The number of benzene rings is 2. The minimum Gasteiger partial charge on any atom is -0.488 e. The van der Waals surface area contributed by atoms with Gasteiger partial charge in [0, 0.05) is 0 Å². The maximum Gasteiger partial charge on any atom is 0.367 e. The SMILES string of the molecule is CC1=NOC(=O)C1=Cc1ccc(OCc2ccc(C(=O)O)cc2)c(Br)c1. The van der Waals surface area contributed by atoms with Gasteiger partial charge in [0.25, 0.3) is 0 Å². The zero-order chi connectivity index (χ0) is 18.7. The third-order valence-electron chi connectivity index (χ3n) is 3.74. The number of oxime groups is 1. The van der Waals surface area contributed by atoms with Gasteiger partial charge in [-0.1, -0.05) is 23.4 Å². The van der Waals surface area contributed by atoms with Crippen molar-refractivity contribution in [3.8, 4) is 5.75 Å². The molecule has 0 unspecified atom stereocenters. The van der Waals surface area contributed by atoms with Crippen LogP contribution >= 0.6 is 15.9 Å². The number of hydrogen-bond donors (Lipinski definition) is 1. The standard InChI is InChI=1S/C19H14BrNO5/c1-11-15(19(24)26-21-11)8-13-4-7-17(16(20)9-13)25-10-12-2-5-14(6-3-12)18(22)23/h2-9H,10H2,1H3,(H,22,23). The maximum atomic E-state index is 11.6. The van der Waals surface area contributed by atoms with Crippen LogP contribution in [0.2, 0.25) is 0 Å². The van der Waals surface area contributed by atoms with Crippen LogP contribution in [0.3, 0.4) is 0 Å². The van der Waals surface area contributed by atoms with Crippen molar-refractivity contribution in [2.24, 2.45) is 5.16 Å². The molecule has 3 rings (SSSR count). The molecule has 7 heteroatoms. The predicted molar refractivity (Wildman–Crippen MR) is 99.1 cm³/mol. The van der Waals surface area contributed by atoms with Crippen LogP contribution in [-0.2, 0) is 16.2 Å². The molecule has 0 spiro atoms. The Bertz CT molecular complexity index is 931. The average molecular weight is 416 g/mol. The van der Waals surface area contributed by atoms with Crippen molar-refractivity contribution in [1.82, 2.24) is 0 Å². The number of rotatable bonds is 5. The van der Waals surface area contributed by atoms with Gasteiger partial charge in [-0.05, 0) is 64.3 Å². The van der Waals surface area contributed by atoms with E-state index in [2.05, 4.69) is 25.9 Å². The summed E-state index contributed by atoms with van der Waals surface area (Å²) in [6.07, 6.45) is 1.70. The third-order valence-corrected chi connectivity index (χ3v) is 4.36. The van der Waals surface area contributed by atoms with Gasteiger partial charge in [-0.2, -0.15) is 0 Å². The van der Waals surface area contributed by atoms with Gasteiger partial charge in [0.15, 0.2) is 0 Å². The monoisotopic (exact) mass is 415 g/mol. The lowest BCUT2D eigenvalue weighted by molar-refractivity contribution is -0.136. The highest BCUT2D eigenvalue weighted by Gasteiger charge is 2.21. The normalized spacial score (nSPS) is 14.9. The van der Waals surface area contributed by atoms with Crippen molar-refractivity contribution >= 4 is 39.7 Å². The van der Waals surface area contributed by atoms with Crippen LogP contribution in [0, 0.1) is 0 Å². The molecular weight excluding hydrogens is 402 g/mol. The number of nitrogens with zero attached hydrogens (tertiary/aromatic N) is 1. The van der Waals surface area contributed by atoms with Crippen LogP contribution in [-0.4, -0.2) is 22.8 Å². The Hall–Kier alpha value is -2.93. The van der Waals surface area contributed by atoms with Crippen molar-refractivity contribution in [2.45, 2.75) is 13.5 Å². The Morgan fingerprint density at radius 2 is 2.00 bits per heavy atom. The van der Waals surface area contributed by atoms with Gasteiger partial charge in [-0.15, -0.1) is 0 Å². The topological polar surface area (TPSA) is 85.2 Å². The number of halogens is 1. The van der Waals surface area contributed by atoms with Crippen molar-refractivity contribution in [3.63, 3.8) is 0 Å². The molecule has 0 bridgehead atoms. The molecule has 2 aromatic rings. The number of carbonyl (C=O) groups excluding carboxylic acids is 1. The molecule has 0 fully saturated rings. The lowest BCUT2D eigenvalue weighted by Crippen LogP contribution is -2.02. The van der Waals surface area contributed by atoms with Gasteiger partial charge in [0.05, 0.1) is 21.3 Å². The first-order valence-electron chi connectivity index (χ1n) is 7.66. The van der Waals surface area contributed by atoms with Crippen molar-refractivity contribution in [1.29, 1.82) is 0 Å². The van der Waals surface area contributed by atoms with Gasteiger partial charge < -0.3 is 14.7 Å². The van der Waals surface area contributed by atoms with Crippen LogP contribution in [0.25, 0.3) is 6.08 Å². The summed E-state index contributed by atoms with van der Waals surface area (Å²) in [5, 5.41) is 12.5.